The Morgan fingerprint density at radius 1 is 0.889 bits per heavy atom. The topological polar surface area (TPSA) is 86.9 Å². The van der Waals surface area contributed by atoms with Crippen molar-refractivity contribution in [1.82, 2.24) is 15.3 Å². The van der Waals surface area contributed by atoms with Crippen LogP contribution in [0.2, 0.25) is 0 Å². The van der Waals surface area contributed by atoms with Crippen LogP contribution in [0.15, 0.2) is 42.5 Å². The summed E-state index contributed by atoms with van der Waals surface area (Å²) < 4.78 is 0. The molecule has 0 aliphatic heterocycles. The fourth-order valence-electron chi connectivity index (χ4n) is 7.99. The zero-order valence-corrected chi connectivity index (χ0v) is 20.7. The highest BCUT2D eigenvalue weighted by Gasteiger charge is 2.54. The summed E-state index contributed by atoms with van der Waals surface area (Å²) in [4.78, 5) is 34.1. The molecule has 3 aromatic rings. The molecule has 36 heavy (non-hydrogen) atoms. The van der Waals surface area contributed by atoms with Crippen LogP contribution in [0.5, 0.6) is 0 Å². The number of H-pyrrole nitrogens is 1. The number of nitrogens with one attached hydrogen (secondary N) is 3. The van der Waals surface area contributed by atoms with Crippen LogP contribution in [0.4, 0.5) is 5.69 Å². The van der Waals surface area contributed by atoms with Gasteiger partial charge in [0.05, 0.1) is 16.4 Å². The molecular weight excluding hydrogens is 448 g/mol. The van der Waals surface area contributed by atoms with Crippen molar-refractivity contribution < 1.29 is 9.59 Å². The number of benzene rings is 2. The molecule has 0 radical (unpaired) electrons. The van der Waals surface area contributed by atoms with E-state index in [-0.39, 0.29) is 17.2 Å². The molecule has 2 amide bonds. The minimum Gasteiger partial charge on any atom is -0.349 e. The molecule has 0 spiro atoms. The van der Waals surface area contributed by atoms with Gasteiger partial charge in [0, 0.05) is 22.9 Å². The molecular formula is C30H34N4O2. The van der Waals surface area contributed by atoms with Gasteiger partial charge >= 0.3 is 0 Å². The van der Waals surface area contributed by atoms with Crippen LogP contribution >= 0.6 is 0 Å². The number of hydrogen-bond donors (Lipinski definition) is 3. The number of nitrogens with zero attached hydrogens (tertiary/aromatic N) is 1. The average molecular weight is 483 g/mol. The van der Waals surface area contributed by atoms with E-state index in [1.807, 2.05) is 42.5 Å². The summed E-state index contributed by atoms with van der Waals surface area (Å²) >= 11 is 0. The van der Waals surface area contributed by atoms with Crippen molar-refractivity contribution in [3.8, 4) is 11.4 Å². The van der Waals surface area contributed by atoms with Gasteiger partial charge in [0.1, 0.15) is 5.82 Å². The van der Waals surface area contributed by atoms with Crippen LogP contribution in [0, 0.1) is 23.2 Å². The maximum absolute atomic E-state index is 13.4. The van der Waals surface area contributed by atoms with Gasteiger partial charge in [-0.25, -0.2) is 4.98 Å². The van der Waals surface area contributed by atoms with Crippen molar-refractivity contribution in [2.75, 3.05) is 5.32 Å². The Balaban J connectivity index is 1.05. The molecule has 1 heterocycles. The Bertz CT molecular complexity index is 1280. The highest BCUT2D eigenvalue weighted by Crippen LogP contribution is 2.60. The number of rotatable bonds is 5. The summed E-state index contributed by atoms with van der Waals surface area (Å²) in [5.41, 5.74) is 4.00. The number of imidazole rings is 1. The number of amides is 2. The van der Waals surface area contributed by atoms with Crippen LogP contribution in [-0.2, 0) is 4.79 Å². The number of carbonyl (C=O) groups excluding carboxylic acids is 2. The van der Waals surface area contributed by atoms with Gasteiger partial charge in [0.15, 0.2) is 0 Å². The largest absolute Gasteiger partial charge is 0.349 e. The minimum absolute atomic E-state index is 0.0148. The third-order valence-corrected chi connectivity index (χ3v) is 9.37. The van der Waals surface area contributed by atoms with Crippen molar-refractivity contribution >= 4 is 28.5 Å². The fourth-order valence-corrected chi connectivity index (χ4v) is 7.99. The first-order valence-electron chi connectivity index (χ1n) is 13.8. The number of aromatic nitrogens is 2. The van der Waals surface area contributed by atoms with Crippen molar-refractivity contribution in [2.45, 2.75) is 70.3 Å². The predicted molar refractivity (Wildman–Crippen MR) is 140 cm³/mol. The Morgan fingerprint density at radius 3 is 2.22 bits per heavy atom. The second-order valence-corrected chi connectivity index (χ2v) is 12.0. The lowest BCUT2D eigenvalue weighted by Gasteiger charge is -2.55. The summed E-state index contributed by atoms with van der Waals surface area (Å²) in [6, 6.07) is 13.9. The standard InChI is InChI=1S/C30H34N4O2/c35-28(31-23-3-1-2-4-23)22-7-10-25-26(14-22)34-27(33-25)21-5-8-24(9-6-21)32-29(36)30-15-18-11-19(16-30)13-20(12-18)17-30/h5-10,14,18-20,23H,1-4,11-13,15-17H2,(H,31,35)(H,32,36)(H,33,34). The first-order valence-corrected chi connectivity index (χ1v) is 13.8. The molecule has 2 aromatic carbocycles. The lowest BCUT2D eigenvalue weighted by Crippen LogP contribution is -2.51. The Kier molecular flexibility index (Phi) is 5.19. The monoisotopic (exact) mass is 482 g/mol. The van der Waals surface area contributed by atoms with Gasteiger partial charge in [-0.05, 0) is 112 Å². The van der Waals surface area contributed by atoms with Crippen molar-refractivity contribution in [2.24, 2.45) is 23.2 Å². The van der Waals surface area contributed by atoms with Gasteiger partial charge in [-0.2, -0.15) is 0 Å². The first kappa shape index (κ1) is 22.1. The number of carbonyl (C=O) groups is 2. The number of hydrogen-bond acceptors (Lipinski definition) is 3. The molecule has 0 saturated heterocycles. The molecule has 6 nitrogen and oxygen atoms in total. The van der Waals surface area contributed by atoms with E-state index in [2.05, 4.69) is 15.6 Å². The molecule has 0 atom stereocenters. The van der Waals surface area contributed by atoms with Gasteiger partial charge < -0.3 is 15.6 Å². The van der Waals surface area contributed by atoms with Crippen molar-refractivity contribution in [3.63, 3.8) is 0 Å². The molecule has 186 valence electrons. The summed E-state index contributed by atoms with van der Waals surface area (Å²) in [6.45, 7) is 0. The lowest BCUT2D eigenvalue weighted by atomic mass is 9.49. The molecule has 8 rings (SSSR count). The van der Waals surface area contributed by atoms with Gasteiger partial charge in [-0.3, -0.25) is 9.59 Å². The minimum atomic E-state index is -0.145. The van der Waals surface area contributed by atoms with Crippen molar-refractivity contribution in [1.29, 1.82) is 0 Å². The van der Waals surface area contributed by atoms with Gasteiger partial charge in [-0.1, -0.05) is 12.8 Å². The third-order valence-electron chi connectivity index (χ3n) is 9.37. The summed E-state index contributed by atoms with van der Waals surface area (Å²) in [6.07, 6.45) is 11.8. The van der Waals surface area contributed by atoms with E-state index < -0.39 is 0 Å². The Labute approximate surface area is 211 Å². The van der Waals surface area contributed by atoms with E-state index in [1.54, 1.807) is 0 Å². The summed E-state index contributed by atoms with van der Waals surface area (Å²) in [7, 11) is 0. The highest BCUT2D eigenvalue weighted by molar-refractivity contribution is 5.98. The molecule has 5 fully saturated rings. The average Bonchev–Trinajstić information content (AvgIpc) is 3.53. The zero-order valence-electron chi connectivity index (χ0n) is 20.7. The van der Waals surface area contributed by atoms with Crippen LogP contribution in [-0.4, -0.2) is 27.8 Å². The molecule has 5 saturated carbocycles. The van der Waals surface area contributed by atoms with Crippen LogP contribution in [0.25, 0.3) is 22.4 Å². The molecule has 3 N–H and O–H groups in total. The maximum atomic E-state index is 13.4. The van der Waals surface area contributed by atoms with Gasteiger partial charge in [0.2, 0.25) is 5.91 Å². The van der Waals surface area contributed by atoms with E-state index in [0.29, 0.717) is 11.6 Å². The summed E-state index contributed by atoms with van der Waals surface area (Å²) in [5.74, 6) is 3.24. The predicted octanol–water partition coefficient (Wildman–Crippen LogP) is 6.06. The molecule has 5 aliphatic carbocycles. The Hall–Kier alpha value is -3.15. The van der Waals surface area contributed by atoms with E-state index >= 15 is 0 Å². The van der Waals surface area contributed by atoms with E-state index in [9.17, 15) is 9.59 Å². The number of aromatic amines is 1. The molecule has 1 aromatic heterocycles. The SMILES string of the molecule is O=C(NC1CCCC1)c1ccc2nc(-c3ccc(NC(=O)C45CC6CC(CC(C6)C4)C5)cc3)[nH]c2c1. The normalized spacial score (nSPS) is 29.1. The van der Waals surface area contributed by atoms with Crippen molar-refractivity contribution in [3.05, 3.63) is 48.0 Å². The zero-order chi connectivity index (χ0) is 24.3. The Morgan fingerprint density at radius 2 is 1.56 bits per heavy atom. The van der Waals surface area contributed by atoms with Gasteiger partial charge in [0.25, 0.3) is 5.91 Å². The molecule has 4 bridgehead atoms. The molecule has 5 aliphatic rings. The van der Waals surface area contributed by atoms with E-state index in [0.717, 1.165) is 78.0 Å². The second kappa shape index (κ2) is 8.46. The highest BCUT2D eigenvalue weighted by atomic mass is 16.2. The fraction of sp³-hybridized carbons (Fsp3) is 0.500. The molecule has 6 heteroatoms. The molecule has 0 unspecified atom stereocenters. The maximum Gasteiger partial charge on any atom is 0.251 e. The quantitative estimate of drug-likeness (QED) is 0.413. The van der Waals surface area contributed by atoms with E-state index in [1.165, 1.54) is 32.1 Å². The number of anilines is 1. The number of fused-ring (bicyclic) bond motifs is 1. The van der Waals surface area contributed by atoms with Crippen LogP contribution in [0.1, 0.15) is 74.6 Å². The van der Waals surface area contributed by atoms with Crippen LogP contribution in [0.3, 0.4) is 0 Å². The van der Waals surface area contributed by atoms with E-state index in [4.69, 9.17) is 4.98 Å². The third kappa shape index (κ3) is 3.91. The lowest BCUT2D eigenvalue weighted by molar-refractivity contribution is -0.140. The smallest absolute Gasteiger partial charge is 0.251 e. The first-order chi connectivity index (χ1) is 17.5. The summed E-state index contributed by atoms with van der Waals surface area (Å²) in [5, 5.41) is 6.39. The second-order valence-electron chi connectivity index (χ2n) is 12.0. The van der Waals surface area contributed by atoms with Crippen LogP contribution < -0.4 is 10.6 Å². The van der Waals surface area contributed by atoms with Gasteiger partial charge in [-0.15, -0.1) is 0 Å².